The molecule has 3 nitrogen and oxygen atoms in total. The normalized spacial score (nSPS) is 22.5. The number of hydrogen-bond donors (Lipinski definition) is 2. The second-order valence-corrected chi connectivity index (χ2v) is 5.33. The van der Waals surface area contributed by atoms with Gasteiger partial charge in [-0.2, -0.15) is 0 Å². The SMILES string of the molecule is CC1(C(=O)Nc2ccc(F)c(Cl)c2)CCCNC1.Cl. The summed E-state index contributed by atoms with van der Waals surface area (Å²) in [6.45, 7) is 3.54. The number of anilines is 1. The molecule has 1 aromatic carbocycles. The van der Waals surface area contributed by atoms with E-state index in [4.69, 9.17) is 11.6 Å². The third kappa shape index (κ3) is 3.81. The second-order valence-electron chi connectivity index (χ2n) is 4.92. The fraction of sp³-hybridized carbons (Fsp3) is 0.462. The Morgan fingerprint density at radius 3 is 2.84 bits per heavy atom. The quantitative estimate of drug-likeness (QED) is 0.881. The van der Waals surface area contributed by atoms with Crippen molar-refractivity contribution >= 4 is 35.6 Å². The molecule has 19 heavy (non-hydrogen) atoms. The molecule has 6 heteroatoms. The molecule has 1 aliphatic rings. The van der Waals surface area contributed by atoms with Crippen LogP contribution in [0.1, 0.15) is 19.8 Å². The van der Waals surface area contributed by atoms with Crippen molar-refractivity contribution in [3.63, 3.8) is 0 Å². The minimum Gasteiger partial charge on any atom is -0.326 e. The van der Waals surface area contributed by atoms with Gasteiger partial charge in [0.05, 0.1) is 10.4 Å². The molecule has 0 radical (unpaired) electrons. The molecule has 1 unspecified atom stereocenters. The number of nitrogens with one attached hydrogen (secondary N) is 2. The number of piperidine rings is 1. The van der Waals surface area contributed by atoms with Crippen molar-refractivity contribution in [1.82, 2.24) is 5.32 Å². The van der Waals surface area contributed by atoms with Crippen LogP contribution in [0.3, 0.4) is 0 Å². The van der Waals surface area contributed by atoms with Crippen LogP contribution in [-0.2, 0) is 4.79 Å². The Morgan fingerprint density at radius 1 is 1.53 bits per heavy atom. The van der Waals surface area contributed by atoms with Crippen molar-refractivity contribution in [2.24, 2.45) is 5.41 Å². The van der Waals surface area contributed by atoms with E-state index < -0.39 is 11.2 Å². The average molecular weight is 307 g/mol. The maximum absolute atomic E-state index is 13.0. The van der Waals surface area contributed by atoms with E-state index in [-0.39, 0.29) is 23.3 Å². The predicted octanol–water partition coefficient (Wildman–Crippen LogP) is 3.23. The topological polar surface area (TPSA) is 41.1 Å². The van der Waals surface area contributed by atoms with Crippen molar-refractivity contribution < 1.29 is 9.18 Å². The number of carbonyl (C=O) groups is 1. The maximum Gasteiger partial charge on any atom is 0.231 e. The summed E-state index contributed by atoms with van der Waals surface area (Å²) in [5, 5.41) is 6.02. The summed E-state index contributed by atoms with van der Waals surface area (Å²) >= 11 is 5.68. The van der Waals surface area contributed by atoms with Crippen LogP contribution in [0.4, 0.5) is 10.1 Å². The van der Waals surface area contributed by atoms with Crippen molar-refractivity contribution in [3.05, 3.63) is 29.0 Å². The van der Waals surface area contributed by atoms with E-state index in [1.54, 1.807) is 0 Å². The lowest BCUT2D eigenvalue weighted by Crippen LogP contribution is -2.46. The smallest absolute Gasteiger partial charge is 0.231 e. The van der Waals surface area contributed by atoms with Crippen LogP contribution in [0.2, 0.25) is 5.02 Å². The van der Waals surface area contributed by atoms with Crippen molar-refractivity contribution in [1.29, 1.82) is 0 Å². The molecule has 1 amide bonds. The van der Waals surface area contributed by atoms with Gasteiger partial charge in [0.15, 0.2) is 0 Å². The van der Waals surface area contributed by atoms with Gasteiger partial charge in [-0.1, -0.05) is 11.6 Å². The summed E-state index contributed by atoms with van der Waals surface area (Å²) in [6, 6.07) is 4.19. The van der Waals surface area contributed by atoms with Gasteiger partial charge < -0.3 is 10.6 Å². The van der Waals surface area contributed by atoms with Crippen molar-refractivity contribution in [3.8, 4) is 0 Å². The first kappa shape index (κ1) is 16.2. The molecule has 0 aliphatic carbocycles. The first-order valence-electron chi connectivity index (χ1n) is 5.98. The molecule has 106 valence electrons. The second kappa shape index (κ2) is 6.55. The monoisotopic (exact) mass is 306 g/mol. The Kier molecular flexibility index (Phi) is 5.59. The number of halogens is 3. The summed E-state index contributed by atoms with van der Waals surface area (Å²) in [4.78, 5) is 12.2. The van der Waals surface area contributed by atoms with Gasteiger partial charge in [-0.05, 0) is 44.5 Å². The summed E-state index contributed by atoms with van der Waals surface area (Å²) in [6.07, 6.45) is 1.83. The highest BCUT2D eigenvalue weighted by Gasteiger charge is 2.34. The Labute approximate surface area is 123 Å². The zero-order chi connectivity index (χ0) is 13.2. The first-order chi connectivity index (χ1) is 8.51. The van der Waals surface area contributed by atoms with Crippen LogP contribution in [0.15, 0.2) is 18.2 Å². The molecule has 0 spiro atoms. The van der Waals surface area contributed by atoms with E-state index in [2.05, 4.69) is 10.6 Å². The maximum atomic E-state index is 13.0. The van der Waals surface area contributed by atoms with Gasteiger partial charge in [-0.25, -0.2) is 4.39 Å². The third-order valence-corrected chi connectivity index (χ3v) is 3.61. The highest BCUT2D eigenvalue weighted by Crippen LogP contribution is 2.28. The fourth-order valence-corrected chi connectivity index (χ4v) is 2.29. The Morgan fingerprint density at radius 2 is 2.26 bits per heavy atom. The molecule has 1 saturated heterocycles. The molecular formula is C13H17Cl2FN2O. The highest BCUT2D eigenvalue weighted by molar-refractivity contribution is 6.31. The van der Waals surface area contributed by atoms with E-state index in [9.17, 15) is 9.18 Å². The summed E-state index contributed by atoms with van der Waals surface area (Å²) < 4.78 is 13.0. The van der Waals surface area contributed by atoms with Gasteiger partial charge in [-0.3, -0.25) is 4.79 Å². The summed E-state index contributed by atoms with van der Waals surface area (Å²) in [7, 11) is 0. The van der Waals surface area contributed by atoms with Crippen molar-refractivity contribution in [2.45, 2.75) is 19.8 Å². The third-order valence-electron chi connectivity index (χ3n) is 3.32. The van der Waals surface area contributed by atoms with Gasteiger partial charge in [0.2, 0.25) is 5.91 Å². The average Bonchev–Trinajstić information content (AvgIpc) is 2.35. The van der Waals surface area contributed by atoms with Crippen LogP contribution in [0, 0.1) is 11.2 Å². The van der Waals surface area contributed by atoms with E-state index >= 15 is 0 Å². The molecule has 1 fully saturated rings. The summed E-state index contributed by atoms with van der Waals surface area (Å²) in [5.41, 5.74) is 0.109. The predicted molar refractivity (Wildman–Crippen MR) is 77.5 cm³/mol. The van der Waals surface area contributed by atoms with Crippen molar-refractivity contribution in [2.75, 3.05) is 18.4 Å². The van der Waals surface area contributed by atoms with Gasteiger partial charge in [0.1, 0.15) is 5.82 Å². The number of hydrogen-bond acceptors (Lipinski definition) is 2. The number of carbonyl (C=O) groups excluding carboxylic acids is 1. The lowest BCUT2D eigenvalue weighted by atomic mass is 9.82. The van der Waals surface area contributed by atoms with E-state index in [1.165, 1.54) is 18.2 Å². The molecule has 2 rings (SSSR count). The minimum absolute atomic E-state index is 0. The van der Waals surface area contributed by atoms with Gasteiger partial charge in [0.25, 0.3) is 0 Å². The lowest BCUT2D eigenvalue weighted by Gasteiger charge is -2.32. The van der Waals surface area contributed by atoms with Gasteiger partial charge in [0, 0.05) is 12.2 Å². The first-order valence-corrected chi connectivity index (χ1v) is 6.36. The molecule has 0 saturated carbocycles. The Balaban J connectivity index is 0.00000180. The Hall–Kier alpha value is -0.840. The molecular weight excluding hydrogens is 290 g/mol. The van der Waals surface area contributed by atoms with Crippen LogP contribution >= 0.6 is 24.0 Å². The lowest BCUT2D eigenvalue weighted by molar-refractivity contribution is -0.125. The van der Waals surface area contributed by atoms with E-state index in [0.717, 1.165) is 19.4 Å². The standard InChI is InChI=1S/C13H16ClFN2O.ClH/c1-13(5-2-6-16-8-13)12(18)17-9-3-4-11(15)10(14)7-9;/h3-4,7,16H,2,5-6,8H2,1H3,(H,17,18);1H. The number of amides is 1. The molecule has 2 N–H and O–H groups in total. The molecule has 0 bridgehead atoms. The molecule has 0 aromatic heterocycles. The molecule has 1 aromatic rings. The van der Waals surface area contributed by atoms with Gasteiger partial charge in [-0.15, -0.1) is 12.4 Å². The van der Waals surface area contributed by atoms with E-state index in [1.807, 2.05) is 6.92 Å². The largest absolute Gasteiger partial charge is 0.326 e. The fourth-order valence-electron chi connectivity index (χ4n) is 2.11. The van der Waals surface area contributed by atoms with Crippen LogP contribution in [0.5, 0.6) is 0 Å². The van der Waals surface area contributed by atoms with Crippen LogP contribution in [-0.4, -0.2) is 19.0 Å². The number of rotatable bonds is 2. The van der Waals surface area contributed by atoms with E-state index in [0.29, 0.717) is 12.2 Å². The highest BCUT2D eigenvalue weighted by atomic mass is 35.5. The molecule has 1 aliphatic heterocycles. The number of benzene rings is 1. The van der Waals surface area contributed by atoms with Crippen LogP contribution in [0.25, 0.3) is 0 Å². The Bertz CT molecular complexity index is 462. The summed E-state index contributed by atoms with van der Waals surface area (Å²) in [5.74, 6) is -0.544. The molecule has 1 heterocycles. The molecule has 1 atom stereocenters. The zero-order valence-electron chi connectivity index (χ0n) is 10.6. The van der Waals surface area contributed by atoms with Gasteiger partial charge >= 0.3 is 0 Å². The minimum atomic E-state index is -0.486. The zero-order valence-corrected chi connectivity index (χ0v) is 12.2. The van der Waals surface area contributed by atoms with Crippen LogP contribution < -0.4 is 10.6 Å².